The summed E-state index contributed by atoms with van der Waals surface area (Å²) in [6.07, 6.45) is 0.742. The van der Waals surface area contributed by atoms with Crippen LogP contribution in [0.5, 0.6) is 0 Å². The summed E-state index contributed by atoms with van der Waals surface area (Å²) in [5.41, 5.74) is 2.02. The van der Waals surface area contributed by atoms with Crippen LogP contribution < -0.4 is 10.6 Å². The molecule has 1 amide bonds. The van der Waals surface area contributed by atoms with Crippen molar-refractivity contribution >= 4 is 5.91 Å². The summed E-state index contributed by atoms with van der Waals surface area (Å²) in [6.45, 7) is 6.27. The van der Waals surface area contributed by atoms with E-state index in [0.29, 0.717) is 12.5 Å². The zero-order valence-corrected chi connectivity index (χ0v) is 11.5. The number of benzene rings is 1. The lowest BCUT2D eigenvalue weighted by atomic mass is 9.97. The Kier molecular flexibility index (Phi) is 4.53. The molecule has 0 spiro atoms. The van der Waals surface area contributed by atoms with Crippen LogP contribution in [-0.4, -0.2) is 25.5 Å². The van der Waals surface area contributed by atoms with Gasteiger partial charge in [-0.2, -0.15) is 0 Å². The molecule has 0 saturated carbocycles. The fourth-order valence-electron chi connectivity index (χ4n) is 2.55. The van der Waals surface area contributed by atoms with Gasteiger partial charge in [-0.1, -0.05) is 13.0 Å². The van der Waals surface area contributed by atoms with Gasteiger partial charge in [0.2, 0.25) is 5.91 Å². The Morgan fingerprint density at radius 3 is 2.89 bits per heavy atom. The second-order valence-corrected chi connectivity index (χ2v) is 5.35. The van der Waals surface area contributed by atoms with Crippen molar-refractivity contribution in [3.8, 4) is 0 Å². The van der Waals surface area contributed by atoms with E-state index in [1.54, 1.807) is 6.07 Å². The monoisotopic (exact) mass is 264 g/mol. The van der Waals surface area contributed by atoms with Crippen molar-refractivity contribution in [2.24, 2.45) is 11.8 Å². The van der Waals surface area contributed by atoms with Crippen LogP contribution in [0, 0.1) is 24.6 Å². The summed E-state index contributed by atoms with van der Waals surface area (Å²) in [7, 11) is 0. The van der Waals surface area contributed by atoms with Crippen molar-refractivity contribution in [1.82, 2.24) is 10.6 Å². The summed E-state index contributed by atoms with van der Waals surface area (Å²) in [5.74, 6) is 0.385. The van der Waals surface area contributed by atoms with Gasteiger partial charge in [0.25, 0.3) is 0 Å². The first-order valence-corrected chi connectivity index (χ1v) is 6.81. The first kappa shape index (κ1) is 14.0. The summed E-state index contributed by atoms with van der Waals surface area (Å²) in [4.78, 5) is 12.0. The van der Waals surface area contributed by atoms with Crippen molar-refractivity contribution in [3.05, 3.63) is 35.1 Å². The molecular formula is C15H21FN2O. The number of carbonyl (C=O) groups excluding carboxylic acids is 1. The number of carbonyl (C=O) groups is 1. The van der Waals surface area contributed by atoms with Gasteiger partial charge in [-0.05, 0) is 49.1 Å². The topological polar surface area (TPSA) is 41.1 Å². The van der Waals surface area contributed by atoms with E-state index in [-0.39, 0.29) is 17.6 Å². The maximum absolute atomic E-state index is 13.0. The molecule has 4 heteroatoms. The molecule has 1 aromatic rings. The fraction of sp³-hybridized carbons (Fsp3) is 0.533. The van der Waals surface area contributed by atoms with Gasteiger partial charge >= 0.3 is 0 Å². The second-order valence-electron chi connectivity index (χ2n) is 5.35. The Hall–Kier alpha value is -1.42. The molecule has 1 aliphatic rings. The first-order valence-electron chi connectivity index (χ1n) is 6.81. The predicted octanol–water partition coefficient (Wildman–Crippen LogP) is 1.65. The highest BCUT2D eigenvalue weighted by Crippen LogP contribution is 2.16. The minimum Gasteiger partial charge on any atom is -0.355 e. The van der Waals surface area contributed by atoms with E-state index in [1.165, 1.54) is 12.1 Å². The van der Waals surface area contributed by atoms with Crippen molar-refractivity contribution < 1.29 is 9.18 Å². The van der Waals surface area contributed by atoms with Crippen molar-refractivity contribution in [3.63, 3.8) is 0 Å². The fourth-order valence-corrected chi connectivity index (χ4v) is 2.55. The molecule has 3 nitrogen and oxygen atoms in total. The van der Waals surface area contributed by atoms with Crippen molar-refractivity contribution in [2.45, 2.75) is 20.3 Å². The van der Waals surface area contributed by atoms with Gasteiger partial charge in [-0.3, -0.25) is 4.79 Å². The van der Waals surface area contributed by atoms with Crippen LogP contribution in [0.25, 0.3) is 0 Å². The average Bonchev–Trinajstić information content (AvgIpc) is 2.78. The predicted molar refractivity (Wildman–Crippen MR) is 73.4 cm³/mol. The maximum atomic E-state index is 13.0. The summed E-state index contributed by atoms with van der Waals surface area (Å²) in [6, 6.07) is 4.78. The normalized spacial score (nSPS) is 22.5. The summed E-state index contributed by atoms with van der Waals surface area (Å²) >= 11 is 0. The first-order chi connectivity index (χ1) is 9.08. The Balaban J connectivity index is 1.81. The van der Waals surface area contributed by atoms with E-state index in [0.717, 1.165) is 30.6 Å². The molecule has 0 radical (unpaired) electrons. The van der Waals surface area contributed by atoms with Crippen LogP contribution >= 0.6 is 0 Å². The number of aryl methyl sites for hydroxylation is 1. The van der Waals surface area contributed by atoms with Crippen LogP contribution in [0.3, 0.4) is 0 Å². The van der Waals surface area contributed by atoms with Crippen LogP contribution in [0.4, 0.5) is 4.39 Å². The van der Waals surface area contributed by atoms with Crippen molar-refractivity contribution in [1.29, 1.82) is 0 Å². The molecule has 104 valence electrons. The lowest BCUT2D eigenvalue weighted by molar-refractivity contribution is -0.125. The van der Waals surface area contributed by atoms with E-state index in [2.05, 4.69) is 17.6 Å². The van der Waals surface area contributed by atoms with Crippen LogP contribution in [0.1, 0.15) is 18.1 Å². The molecule has 1 aromatic carbocycles. The zero-order valence-electron chi connectivity index (χ0n) is 11.5. The van der Waals surface area contributed by atoms with Gasteiger partial charge in [-0.15, -0.1) is 0 Å². The Labute approximate surface area is 113 Å². The molecule has 0 aliphatic carbocycles. The van der Waals surface area contributed by atoms with Crippen molar-refractivity contribution in [2.75, 3.05) is 19.6 Å². The number of rotatable bonds is 4. The molecule has 1 aliphatic heterocycles. The molecular weight excluding hydrogens is 243 g/mol. The largest absolute Gasteiger partial charge is 0.355 e. The van der Waals surface area contributed by atoms with E-state index < -0.39 is 0 Å². The molecule has 1 saturated heterocycles. The van der Waals surface area contributed by atoms with Crippen LogP contribution in [0.2, 0.25) is 0 Å². The molecule has 19 heavy (non-hydrogen) atoms. The molecule has 2 atom stereocenters. The van der Waals surface area contributed by atoms with E-state index in [4.69, 9.17) is 0 Å². The molecule has 1 fully saturated rings. The van der Waals surface area contributed by atoms with Gasteiger partial charge in [0.15, 0.2) is 0 Å². The third-order valence-corrected chi connectivity index (χ3v) is 3.85. The van der Waals surface area contributed by atoms with Crippen LogP contribution in [-0.2, 0) is 11.2 Å². The lowest BCUT2D eigenvalue weighted by Gasteiger charge is -2.14. The van der Waals surface area contributed by atoms with E-state index in [1.807, 2.05) is 6.92 Å². The van der Waals surface area contributed by atoms with Gasteiger partial charge in [0.05, 0.1) is 5.92 Å². The number of hydrogen-bond acceptors (Lipinski definition) is 2. The Morgan fingerprint density at radius 1 is 1.47 bits per heavy atom. The quantitative estimate of drug-likeness (QED) is 0.868. The molecule has 0 unspecified atom stereocenters. The number of nitrogens with one attached hydrogen (secondary N) is 2. The Bertz CT molecular complexity index is 461. The zero-order chi connectivity index (χ0) is 13.8. The second kappa shape index (κ2) is 6.15. The van der Waals surface area contributed by atoms with Gasteiger partial charge < -0.3 is 10.6 Å². The maximum Gasteiger partial charge on any atom is 0.224 e. The highest BCUT2D eigenvalue weighted by Gasteiger charge is 2.28. The number of amides is 1. The molecule has 2 N–H and O–H groups in total. The van der Waals surface area contributed by atoms with Gasteiger partial charge in [0, 0.05) is 13.1 Å². The molecule has 2 rings (SSSR count). The van der Waals surface area contributed by atoms with Gasteiger partial charge in [0.1, 0.15) is 5.82 Å². The minimum absolute atomic E-state index is 0.0781. The minimum atomic E-state index is -0.212. The number of hydrogen-bond donors (Lipinski definition) is 2. The third-order valence-electron chi connectivity index (χ3n) is 3.85. The smallest absolute Gasteiger partial charge is 0.224 e. The Morgan fingerprint density at radius 2 is 2.26 bits per heavy atom. The number of halogens is 1. The summed E-state index contributed by atoms with van der Waals surface area (Å²) in [5, 5.41) is 6.20. The highest BCUT2D eigenvalue weighted by atomic mass is 19.1. The van der Waals surface area contributed by atoms with E-state index >= 15 is 0 Å². The standard InChI is InChI=1S/C15H21FN2O/c1-10-7-13(16)4-3-12(10)5-6-18-15(19)14-9-17-8-11(14)2/h3-4,7,11,14,17H,5-6,8-9H2,1-2H3,(H,18,19)/t11-,14-/m1/s1. The lowest BCUT2D eigenvalue weighted by Crippen LogP contribution is -2.35. The molecule has 1 heterocycles. The van der Waals surface area contributed by atoms with Gasteiger partial charge in [-0.25, -0.2) is 4.39 Å². The van der Waals surface area contributed by atoms with E-state index in [9.17, 15) is 9.18 Å². The SMILES string of the molecule is Cc1cc(F)ccc1CCNC(=O)[C@@H]1CNC[C@H]1C. The van der Waals surface area contributed by atoms with Crippen LogP contribution in [0.15, 0.2) is 18.2 Å². The summed E-state index contributed by atoms with van der Waals surface area (Å²) < 4.78 is 13.0. The molecule has 0 aromatic heterocycles. The third kappa shape index (κ3) is 3.53. The average molecular weight is 264 g/mol. The highest BCUT2D eigenvalue weighted by molar-refractivity contribution is 5.79. The molecule has 0 bridgehead atoms.